The van der Waals surface area contributed by atoms with E-state index in [0.29, 0.717) is 10.7 Å². The van der Waals surface area contributed by atoms with Gasteiger partial charge in [0.05, 0.1) is 17.6 Å². The minimum Gasteiger partial charge on any atom is -0.306 e. The number of carbonyl (C=O) groups excluding carboxylic acids is 1. The Hall–Kier alpha value is -2.54. The number of hydrogen-bond donors (Lipinski definition) is 1. The van der Waals surface area contributed by atoms with Crippen molar-refractivity contribution in [3.63, 3.8) is 0 Å². The van der Waals surface area contributed by atoms with E-state index in [1.807, 2.05) is 0 Å². The van der Waals surface area contributed by atoms with Gasteiger partial charge in [-0.25, -0.2) is 13.5 Å². The van der Waals surface area contributed by atoms with Crippen LogP contribution in [-0.2, 0) is 6.54 Å². The summed E-state index contributed by atoms with van der Waals surface area (Å²) in [7, 11) is 0. The van der Waals surface area contributed by atoms with Crippen LogP contribution in [0.1, 0.15) is 20.8 Å². The quantitative estimate of drug-likeness (QED) is 0.789. The van der Waals surface area contributed by atoms with Crippen molar-refractivity contribution in [2.24, 2.45) is 0 Å². The molecule has 0 atom stereocenters. The first-order valence-electron chi connectivity index (χ1n) is 6.86. The lowest BCUT2D eigenvalue weighted by atomic mass is 10.2. The predicted molar refractivity (Wildman–Crippen MR) is 84.7 cm³/mol. The van der Waals surface area contributed by atoms with Gasteiger partial charge in [-0.3, -0.25) is 4.79 Å². The zero-order valence-electron chi connectivity index (χ0n) is 12.2. The molecule has 0 bridgehead atoms. The number of benzene rings is 1. The molecular formula is C16H13F2N3OS. The highest BCUT2D eigenvalue weighted by Gasteiger charge is 2.15. The van der Waals surface area contributed by atoms with E-state index in [9.17, 15) is 13.6 Å². The summed E-state index contributed by atoms with van der Waals surface area (Å²) < 4.78 is 28.5. The first kappa shape index (κ1) is 15.4. The van der Waals surface area contributed by atoms with Crippen LogP contribution in [0.3, 0.4) is 0 Å². The van der Waals surface area contributed by atoms with Gasteiger partial charge in [0.25, 0.3) is 5.91 Å². The highest BCUT2D eigenvalue weighted by molar-refractivity contribution is 7.12. The van der Waals surface area contributed by atoms with Gasteiger partial charge in [0.1, 0.15) is 17.5 Å². The molecule has 0 spiro atoms. The lowest BCUT2D eigenvalue weighted by molar-refractivity contribution is 0.102. The van der Waals surface area contributed by atoms with Crippen LogP contribution in [0.5, 0.6) is 0 Å². The molecular weight excluding hydrogens is 320 g/mol. The number of anilines is 1. The first-order valence-corrected chi connectivity index (χ1v) is 7.74. The molecule has 118 valence electrons. The molecule has 2 heterocycles. The van der Waals surface area contributed by atoms with Crippen LogP contribution in [0.25, 0.3) is 0 Å². The van der Waals surface area contributed by atoms with Gasteiger partial charge in [-0.2, -0.15) is 5.10 Å². The smallest absolute Gasteiger partial charge is 0.266 e. The number of thiophene rings is 1. The van der Waals surface area contributed by atoms with Crippen molar-refractivity contribution in [1.82, 2.24) is 9.78 Å². The Morgan fingerprint density at radius 1 is 1.35 bits per heavy atom. The van der Waals surface area contributed by atoms with Crippen molar-refractivity contribution in [3.05, 3.63) is 69.5 Å². The van der Waals surface area contributed by atoms with Gasteiger partial charge in [0.2, 0.25) is 0 Å². The third kappa shape index (κ3) is 3.29. The Balaban J connectivity index is 1.87. The van der Waals surface area contributed by atoms with Gasteiger partial charge in [0, 0.05) is 11.1 Å². The van der Waals surface area contributed by atoms with Gasteiger partial charge in [-0.15, -0.1) is 11.3 Å². The van der Waals surface area contributed by atoms with Crippen LogP contribution in [0, 0.1) is 18.6 Å². The zero-order chi connectivity index (χ0) is 16.4. The molecule has 1 N–H and O–H groups in total. The fourth-order valence-electron chi connectivity index (χ4n) is 2.16. The number of nitrogens with zero attached hydrogens (tertiary/aromatic N) is 2. The maximum atomic E-state index is 13.8. The molecule has 0 aliphatic heterocycles. The average molecular weight is 333 g/mol. The Labute approximate surface area is 135 Å². The second-order valence-corrected chi connectivity index (χ2v) is 5.95. The molecule has 0 unspecified atom stereocenters. The Kier molecular flexibility index (Phi) is 4.20. The number of carbonyl (C=O) groups is 1. The van der Waals surface area contributed by atoms with Crippen molar-refractivity contribution < 1.29 is 13.6 Å². The van der Waals surface area contributed by atoms with Gasteiger partial charge >= 0.3 is 0 Å². The normalized spacial score (nSPS) is 10.7. The summed E-state index contributed by atoms with van der Waals surface area (Å²) in [6.45, 7) is 1.81. The number of aryl methyl sites for hydroxylation is 1. The molecule has 0 aliphatic carbocycles. The highest BCUT2D eigenvalue weighted by Crippen LogP contribution is 2.20. The number of nitrogens with one attached hydrogen (secondary N) is 1. The van der Waals surface area contributed by atoms with E-state index < -0.39 is 11.6 Å². The number of aromatic nitrogens is 2. The summed E-state index contributed by atoms with van der Waals surface area (Å²) in [6.07, 6.45) is 1.57. The number of halogens is 2. The summed E-state index contributed by atoms with van der Waals surface area (Å²) in [6, 6.07) is 6.75. The van der Waals surface area contributed by atoms with E-state index in [4.69, 9.17) is 0 Å². The molecule has 4 nitrogen and oxygen atoms in total. The summed E-state index contributed by atoms with van der Waals surface area (Å²) in [5.41, 5.74) is 0.909. The lowest BCUT2D eigenvalue weighted by Gasteiger charge is -2.10. The molecule has 7 heteroatoms. The standard InChI is InChI=1S/C16H13F2N3OS/c1-10-8-19-21(9-11-7-12(17)4-5-13(11)18)15(10)20-16(22)14-3-2-6-23-14/h2-8H,9H2,1H3,(H,20,22). The second kappa shape index (κ2) is 6.29. The monoisotopic (exact) mass is 333 g/mol. The summed E-state index contributed by atoms with van der Waals surface area (Å²) in [5, 5.41) is 8.71. The van der Waals surface area contributed by atoms with Crippen molar-refractivity contribution in [2.45, 2.75) is 13.5 Å². The molecule has 23 heavy (non-hydrogen) atoms. The summed E-state index contributed by atoms with van der Waals surface area (Å²) >= 11 is 1.32. The van der Waals surface area contributed by atoms with E-state index in [2.05, 4.69) is 10.4 Å². The second-order valence-electron chi connectivity index (χ2n) is 5.00. The first-order chi connectivity index (χ1) is 11.0. The predicted octanol–water partition coefficient (Wildman–Crippen LogP) is 3.83. The Morgan fingerprint density at radius 3 is 2.91 bits per heavy atom. The van der Waals surface area contributed by atoms with Crippen LogP contribution >= 0.6 is 11.3 Å². The number of rotatable bonds is 4. The van der Waals surface area contributed by atoms with Crippen LogP contribution in [-0.4, -0.2) is 15.7 Å². The van der Waals surface area contributed by atoms with Crippen molar-refractivity contribution in [3.8, 4) is 0 Å². The van der Waals surface area contributed by atoms with E-state index >= 15 is 0 Å². The van der Waals surface area contributed by atoms with E-state index in [1.165, 1.54) is 16.0 Å². The lowest BCUT2D eigenvalue weighted by Crippen LogP contribution is -2.16. The fourth-order valence-corrected chi connectivity index (χ4v) is 2.78. The van der Waals surface area contributed by atoms with E-state index in [1.54, 1.807) is 30.6 Å². The minimum atomic E-state index is -0.519. The van der Waals surface area contributed by atoms with Gasteiger partial charge in [-0.05, 0) is 36.6 Å². The Bertz CT molecular complexity index is 843. The van der Waals surface area contributed by atoms with Crippen LogP contribution in [0.15, 0.2) is 41.9 Å². The molecule has 1 aromatic carbocycles. The van der Waals surface area contributed by atoms with Crippen LogP contribution in [0.4, 0.5) is 14.6 Å². The number of hydrogen-bond acceptors (Lipinski definition) is 3. The molecule has 0 saturated carbocycles. The fraction of sp³-hybridized carbons (Fsp3) is 0.125. The van der Waals surface area contributed by atoms with Crippen molar-refractivity contribution >= 4 is 23.1 Å². The SMILES string of the molecule is Cc1cnn(Cc2cc(F)ccc2F)c1NC(=O)c1cccs1. The molecule has 3 rings (SSSR count). The van der Waals surface area contributed by atoms with Crippen molar-refractivity contribution in [2.75, 3.05) is 5.32 Å². The molecule has 0 radical (unpaired) electrons. The van der Waals surface area contributed by atoms with Crippen LogP contribution < -0.4 is 5.32 Å². The third-order valence-corrected chi connectivity index (χ3v) is 4.20. The maximum Gasteiger partial charge on any atom is 0.266 e. The van der Waals surface area contributed by atoms with E-state index in [0.717, 1.165) is 23.8 Å². The largest absolute Gasteiger partial charge is 0.306 e. The summed E-state index contributed by atoms with van der Waals surface area (Å²) in [4.78, 5) is 12.7. The molecule has 1 amide bonds. The van der Waals surface area contributed by atoms with Gasteiger partial charge in [-0.1, -0.05) is 6.07 Å². The van der Waals surface area contributed by atoms with Crippen molar-refractivity contribution in [1.29, 1.82) is 0 Å². The van der Waals surface area contributed by atoms with Gasteiger partial charge in [0.15, 0.2) is 0 Å². The van der Waals surface area contributed by atoms with Gasteiger partial charge < -0.3 is 5.32 Å². The molecule has 3 aromatic rings. The topological polar surface area (TPSA) is 46.9 Å². The highest BCUT2D eigenvalue weighted by atomic mass is 32.1. The zero-order valence-corrected chi connectivity index (χ0v) is 13.0. The summed E-state index contributed by atoms with van der Waals surface area (Å²) in [5.74, 6) is -0.832. The molecule has 0 aliphatic rings. The minimum absolute atomic E-state index is 0.0253. The third-order valence-electron chi connectivity index (χ3n) is 3.33. The molecule has 0 fully saturated rings. The number of amides is 1. The average Bonchev–Trinajstić information content (AvgIpc) is 3.16. The molecule has 2 aromatic heterocycles. The Morgan fingerprint density at radius 2 is 2.17 bits per heavy atom. The van der Waals surface area contributed by atoms with E-state index in [-0.39, 0.29) is 18.0 Å². The maximum absolute atomic E-state index is 13.8. The molecule has 0 saturated heterocycles. The van der Waals surface area contributed by atoms with Crippen LogP contribution in [0.2, 0.25) is 0 Å².